The van der Waals surface area contributed by atoms with E-state index in [0.29, 0.717) is 17.7 Å². The van der Waals surface area contributed by atoms with Gasteiger partial charge in [0, 0.05) is 39.2 Å². The van der Waals surface area contributed by atoms with Crippen LogP contribution in [0.15, 0.2) is 85.1 Å². The van der Waals surface area contributed by atoms with Crippen LogP contribution in [0, 0.1) is 0 Å². The Hall–Kier alpha value is -4.70. The molecule has 1 aliphatic heterocycles. The van der Waals surface area contributed by atoms with E-state index >= 15 is 0 Å². The number of hydrogen-bond acceptors (Lipinski definition) is 5. The maximum atomic E-state index is 10.9. The minimum absolute atomic E-state index is 0.0243. The van der Waals surface area contributed by atoms with E-state index in [9.17, 15) is 9.59 Å². The Morgan fingerprint density at radius 3 is 2.31 bits per heavy atom. The molecule has 5 aromatic carbocycles. The first-order valence-electron chi connectivity index (χ1n) is 13.4. The van der Waals surface area contributed by atoms with Crippen LogP contribution in [0.2, 0.25) is 0 Å². The first kappa shape index (κ1) is 25.0. The van der Waals surface area contributed by atoms with Crippen LogP contribution >= 0.6 is 17.2 Å². The van der Waals surface area contributed by atoms with Gasteiger partial charge in [-0.1, -0.05) is 54.6 Å². The van der Waals surface area contributed by atoms with Crippen molar-refractivity contribution in [2.24, 2.45) is 0 Å². The zero-order valence-corrected chi connectivity index (χ0v) is 24.1. The van der Waals surface area contributed by atoms with Crippen LogP contribution in [0.1, 0.15) is 5.56 Å². The number of H-pyrrole nitrogens is 2. The third kappa shape index (κ3) is 4.13. The van der Waals surface area contributed by atoms with Gasteiger partial charge in [0.25, 0.3) is 0 Å². The van der Waals surface area contributed by atoms with Crippen LogP contribution in [0.3, 0.4) is 0 Å². The van der Waals surface area contributed by atoms with Crippen molar-refractivity contribution in [1.82, 2.24) is 19.9 Å². The molecule has 0 amide bonds. The number of aromatic amines is 2. The smallest absolute Gasteiger partial charge is 0.146 e. The SMILES string of the molecule is O=CPc1ncc(-c2ccc3c4c(ccc3c2)-c2ccc3cc(-c5ccc6nc(PC=O)[nH]c6c5)ccc3c2OC4)[nH]1. The van der Waals surface area contributed by atoms with E-state index < -0.39 is 0 Å². The lowest BCUT2D eigenvalue weighted by molar-refractivity contribution is 0.308. The predicted octanol–water partition coefficient (Wildman–Crippen LogP) is 6.47. The number of nitrogens with zero attached hydrogens (tertiary/aromatic N) is 2. The summed E-state index contributed by atoms with van der Waals surface area (Å²) in [5, 5.41) is 4.49. The number of nitrogens with one attached hydrogen (secondary N) is 2. The Bertz CT molecular complexity index is 2220. The summed E-state index contributed by atoms with van der Waals surface area (Å²) < 4.78 is 6.46. The van der Waals surface area contributed by atoms with Gasteiger partial charge in [0.2, 0.25) is 0 Å². The summed E-state index contributed by atoms with van der Waals surface area (Å²) in [5.74, 6) is 0.909. The summed E-state index contributed by atoms with van der Waals surface area (Å²) in [7, 11) is 0.0494. The molecule has 0 aliphatic carbocycles. The molecule has 9 heteroatoms. The second-order valence-electron chi connectivity index (χ2n) is 10.2. The lowest BCUT2D eigenvalue weighted by Gasteiger charge is -2.24. The molecule has 7 aromatic rings. The van der Waals surface area contributed by atoms with E-state index in [0.717, 1.165) is 78.3 Å². The molecule has 0 saturated carbocycles. The summed E-state index contributed by atoms with van der Waals surface area (Å²) >= 11 is 0. The van der Waals surface area contributed by atoms with Gasteiger partial charge in [-0.25, -0.2) is 9.97 Å². The van der Waals surface area contributed by atoms with Crippen molar-refractivity contribution in [2.45, 2.75) is 6.61 Å². The van der Waals surface area contributed by atoms with E-state index in [1.807, 2.05) is 6.07 Å². The largest absolute Gasteiger partial charge is 0.488 e. The number of aromatic nitrogens is 4. The quantitative estimate of drug-likeness (QED) is 0.172. The van der Waals surface area contributed by atoms with Crippen LogP contribution in [-0.4, -0.2) is 32.0 Å². The zero-order chi connectivity index (χ0) is 28.2. The molecule has 202 valence electrons. The molecule has 3 heterocycles. The Morgan fingerprint density at radius 1 is 0.714 bits per heavy atom. The van der Waals surface area contributed by atoms with Crippen molar-refractivity contribution in [2.75, 3.05) is 0 Å². The summed E-state index contributed by atoms with van der Waals surface area (Å²) in [4.78, 5) is 37.1. The van der Waals surface area contributed by atoms with Crippen LogP contribution < -0.4 is 15.9 Å². The average molecular weight is 585 g/mol. The van der Waals surface area contributed by atoms with Crippen molar-refractivity contribution in [3.05, 3.63) is 90.6 Å². The lowest BCUT2D eigenvalue weighted by Crippen LogP contribution is -2.06. The molecule has 8 rings (SSSR count). The van der Waals surface area contributed by atoms with Gasteiger partial charge in [0.05, 0.1) is 22.9 Å². The fraction of sp³-hybridized carbons (Fsp3) is 0.0303. The predicted molar refractivity (Wildman–Crippen MR) is 173 cm³/mol. The Labute approximate surface area is 243 Å². The van der Waals surface area contributed by atoms with Gasteiger partial charge in [-0.2, -0.15) is 0 Å². The monoisotopic (exact) mass is 584 g/mol. The van der Waals surface area contributed by atoms with Crippen molar-refractivity contribution < 1.29 is 14.3 Å². The Balaban J connectivity index is 1.16. The minimum Gasteiger partial charge on any atom is -0.488 e. The Morgan fingerprint density at radius 2 is 1.43 bits per heavy atom. The number of fused-ring (bicyclic) bond motifs is 8. The highest BCUT2D eigenvalue weighted by atomic mass is 31.1. The molecule has 2 unspecified atom stereocenters. The van der Waals surface area contributed by atoms with Crippen molar-refractivity contribution >= 4 is 72.9 Å². The van der Waals surface area contributed by atoms with Crippen LogP contribution in [0.4, 0.5) is 0 Å². The van der Waals surface area contributed by atoms with Gasteiger partial charge >= 0.3 is 0 Å². The highest BCUT2D eigenvalue weighted by Crippen LogP contribution is 2.45. The van der Waals surface area contributed by atoms with Gasteiger partial charge in [0.15, 0.2) is 0 Å². The zero-order valence-electron chi connectivity index (χ0n) is 22.1. The number of carbonyl (C=O) groups is 2. The standard InChI is InChI=1S/C33H22N4O3P2/c38-16-41-32-34-14-30(37-32)22-4-6-23-20(12-22)2-8-25-26-9-3-21-11-18(1-7-24(21)31(26)40-15-27(23)25)19-5-10-28-29(13-19)36-33(35-28)42-17-39/h1-14,16-17,41-42H,15H2,(H,34,37)(H,35,36). The van der Waals surface area contributed by atoms with Gasteiger partial charge in [0.1, 0.15) is 35.5 Å². The van der Waals surface area contributed by atoms with Gasteiger partial charge in [-0.15, -0.1) is 0 Å². The summed E-state index contributed by atoms with van der Waals surface area (Å²) in [6.45, 7) is 0.495. The highest BCUT2D eigenvalue weighted by molar-refractivity contribution is 7.62. The number of imidazole rings is 2. The maximum absolute atomic E-state index is 10.9. The molecule has 2 N–H and O–H groups in total. The molecular weight excluding hydrogens is 562 g/mol. The minimum atomic E-state index is 0.0243. The number of hydrogen-bond donors (Lipinski definition) is 2. The molecule has 0 radical (unpaired) electrons. The molecular formula is C33H22N4O3P2. The average Bonchev–Trinajstić information content (AvgIpc) is 3.66. The lowest BCUT2D eigenvalue weighted by atomic mass is 9.89. The normalized spacial score (nSPS) is 12.9. The molecule has 2 atom stereocenters. The fourth-order valence-electron chi connectivity index (χ4n) is 5.87. The molecule has 7 nitrogen and oxygen atoms in total. The second-order valence-corrected chi connectivity index (χ2v) is 12.2. The third-order valence-electron chi connectivity index (χ3n) is 7.85. The van der Waals surface area contributed by atoms with Crippen LogP contribution in [0.5, 0.6) is 5.75 Å². The topological polar surface area (TPSA) is 101 Å². The van der Waals surface area contributed by atoms with Gasteiger partial charge in [-0.05, 0) is 57.1 Å². The molecule has 1 aliphatic rings. The van der Waals surface area contributed by atoms with Gasteiger partial charge in [-0.3, -0.25) is 9.59 Å². The molecule has 0 spiro atoms. The van der Waals surface area contributed by atoms with E-state index in [1.165, 1.54) is 11.1 Å². The summed E-state index contributed by atoms with van der Waals surface area (Å²) in [6, 6.07) is 29.4. The first-order valence-corrected chi connectivity index (χ1v) is 15.6. The van der Waals surface area contributed by atoms with E-state index in [1.54, 1.807) is 6.20 Å². The number of carbonyl (C=O) groups excluding carboxylic acids is 2. The molecule has 0 bridgehead atoms. The molecule has 0 saturated heterocycles. The van der Waals surface area contributed by atoms with Crippen molar-refractivity contribution in [1.29, 1.82) is 0 Å². The third-order valence-corrected chi connectivity index (χ3v) is 9.12. The molecule has 0 fully saturated rings. The molecule has 2 aromatic heterocycles. The summed E-state index contributed by atoms with van der Waals surface area (Å²) in [6.07, 6.45) is 1.78. The van der Waals surface area contributed by atoms with E-state index in [4.69, 9.17) is 4.74 Å². The second kappa shape index (κ2) is 9.99. The van der Waals surface area contributed by atoms with Crippen LogP contribution in [0.25, 0.3) is 66.1 Å². The first-order chi connectivity index (χ1) is 20.7. The van der Waals surface area contributed by atoms with Crippen molar-refractivity contribution in [3.63, 3.8) is 0 Å². The summed E-state index contributed by atoms with van der Waals surface area (Å²) in [5.41, 5.74) is 10.8. The Kier molecular flexibility index (Phi) is 5.96. The van der Waals surface area contributed by atoms with Crippen LogP contribution in [-0.2, 0) is 16.2 Å². The maximum Gasteiger partial charge on any atom is 0.146 e. The molecule has 42 heavy (non-hydrogen) atoms. The van der Waals surface area contributed by atoms with Gasteiger partial charge < -0.3 is 14.7 Å². The number of benzene rings is 5. The van der Waals surface area contributed by atoms with E-state index in [-0.39, 0.29) is 17.2 Å². The number of ether oxygens (including phenoxy) is 1. The van der Waals surface area contributed by atoms with Crippen molar-refractivity contribution in [3.8, 4) is 39.3 Å². The van der Waals surface area contributed by atoms with E-state index in [2.05, 4.69) is 92.7 Å². The highest BCUT2D eigenvalue weighted by Gasteiger charge is 2.22. The number of rotatable bonds is 6. The fourth-order valence-corrected chi connectivity index (χ4v) is 6.83.